The molecule has 0 fully saturated rings. The number of rotatable bonds is 9. The number of benzene rings is 2. The molecule has 0 N–H and O–H groups in total. The van der Waals surface area contributed by atoms with E-state index in [1.54, 1.807) is 33.1 Å². The molecule has 0 spiro atoms. The molecule has 0 aliphatic carbocycles. The maximum atomic E-state index is 5.45. The standard InChI is InChI=1S/C21H22N4O4S/c1-26-11-10-25-16-7-5-4-6-15(16)22-21(25)30-13-19-23-20(24-29-19)14-8-9-17(27-2)18(12-14)28-3/h4-9,12H,10-11,13H2,1-3H3. The van der Waals surface area contributed by atoms with E-state index in [-0.39, 0.29) is 0 Å². The smallest absolute Gasteiger partial charge is 0.237 e. The lowest BCUT2D eigenvalue weighted by Gasteiger charge is -2.07. The molecule has 0 saturated carbocycles. The summed E-state index contributed by atoms with van der Waals surface area (Å²) in [5, 5.41) is 4.99. The number of thioether (sulfide) groups is 1. The predicted octanol–water partition coefficient (Wildman–Crippen LogP) is 4.04. The zero-order valence-electron chi connectivity index (χ0n) is 17.0. The maximum Gasteiger partial charge on any atom is 0.237 e. The number of para-hydroxylation sites is 2. The topological polar surface area (TPSA) is 84.4 Å². The SMILES string of the molecule is COCCn1c(SCc2nc(-c3ccc(OC)c(OC)c3)no2)nc2ccccc21. The maximum absolute atomic E-state index is 5.45. The molecule has 0 radical (unpaired) electrons. The van der Waals surface area contributed by atoms with Crippen molar-refractivity contribution >= 4 is 22.8 Å². The Labute approximate surface area is 178 Å². The van der Waals surface area contributed by atoms with Crippen molar-refractivity contribution in [3.8, 4) is 22.9 Å². The molecule has 2 aromatic carbocycles. The minimum atomic E-state index is 0.499. The summed E-state index contributed by atoms with van der Waals surface area (Å²) in [6.07, 6.45) is 0. The van der Waals surface area contributed by atoms with Crippen LogP contribution in [0.2, 0.25) is 0 Å². The van der Waals surface area contributed by atoms with Gasteiger partial charge in [-0.25, -0.2) is 4.98 Å². The average Bonchev–Trinajstić information content (AvgIpc) is 3.40. The molecule has 0 bridgehead atoms. The molecule has 4 aromatic rings. The van der Waals surface area contributed by atoms with Gasteiger partial charge in [0.15, 0.2) is 16.7 Å². The number of methoxy groups -OCH3 is 3. The molecule has 156 valence electrons. The van der Waals surface area contributed by atoms with Crippen LogP contribution in [0.25, 0.3) is 22.4 Å². The van der Waals surface area contributed by atoms with Gasteiger partial charge in [0.05, 0.1) is 37.6 Å². The quantitative estimate of drug-likeness (QED) is 0.371. The molecule has 0 amide bonds. The highest BCUT2D eigenvalue weighted by Gasteiger charge is 2.15. The Morgan fingerprint density at radius 2 is 1.83 bits per heavy atom. The van der Waals surface area contributed by atoms with E-state index in [1.807, 2.05) is 36.4 Å². The number of fused-ring (bicyclic) bond motifs is 1. The number of hydrogen-bond donors (Lipinski definition) is 0. The van der Waals surface area contributed by atoms with Crippen molar-refractivity contribution in [2.45, 2.75) is 17.5 Å². The van der Waals surface area contributed by atoms with E-state index in [9.17, 15) is 0 Å². The number of nitrogens with zero attached hydrogens (tertiary/aromatic N) is 4. The number of imidazole rings is 1. The number of hydrogen-bond acceptors (Lipinski definition) is 8. The number of aromatic nitrogens is 4. The minimum absolute atomic E-state index is 0.499. The van der Waals surface area contributed by atoms with E-state index in [0.29, 0.717) is 35.6 Å². The van der Waals surface area contributed by atoms with Gasteiger partial charge in [0, 0.05) is 19.2 Å². The normalized spacial score (nSPS) is 11.2. The van der Waals surface area contributed by atoms with Crippen molar-refractivity contribution in [1.29, 1.82) is 0 Å². The Hall–Kier alpha value is -3.04. The summed E-state index contributed by atoms with van der Waals surface area (Å²) < 4.78 is 23.5. The van der Waals surface area contributed by atoms with Gasteiger partial charge in [-0.3, -0.25) is 0 Å². The van der Waals surface area contributed by atoms with Gasteiger partial charge in [-0.2, -0.15) is 4.98 Å². The lowest BCUT2D eigenvalue weighted by molar-refractivity contribution is 0.186. The Kier molecular flexibility index (Phi) is 6.20. The molecule has 8 nitrogen and oxygen atoms in total. The second kappa shape index (κ2) is 9.19. The van der Waals surface area contributed by atoms with E-state index in [4.69, 9.17) is 23.7 Å². The molecule has 4 rings (SSSR count). The first-order chi connectivity index (χ1) is 14.7. The van der Waals surface area contributed by atoms with Gasteiger partial charge < -0.3 is 23.3 Å². The Bertz CT molecular complexity index is 1140. The molecule has 0 aliphatic heterocycles. The summed E-state index contributed by atoms with van der Waals surface area (Å²) in [7, 11) is 4.89. The third-order valence-corrected chi connectivity index (χ3v) is 5.53. The first-order valence-corrected chi connectivity index (χ1v) is 10.3. The van der Waals surface area contributed by atoms with Crippen molar-refractivity contribution in [3.63, 3.8) is 0 Å². The van der Waals surface area contributed by atoms with Crippen LogP contribution in [0.4, 0.5) is 0 Å². The fourth-order valence-electron chi connectivity index (χ4n) is 3.09. The van der Waals surface area contributed by atoms with Crippen LogP contribution in [0.1, 0.15) is 5.89 Å². The average molecular weight is 426 g/mol. The van der Waals surface area contributed by atoms with Crippen molar-refractivity contribution in [1.82, 2.24) is 19.7 Å². The lowest BCUT2D eigenvalue weighted by atomic mass is 10.2. The lowest BCUT2D eigenvalue weighted by Crippen LogP contribution is -2.05. The van der Waals surface area contributed by atoms with Gasteiger partial charge in [-0.1, -0.05) is 29.1 Å². The summed E-state index contributed by atoms with van der Waals surface area (Å²) in [4.78, 5) is 9.25. The van der Waals surface area contributed by atoms with Crippen LogP contribution >= 0.6 is 11.8 Å². The second-order valence-electron chi connectivity index (χ2n) is 6.40. The predicted molar refractivity (Wildman–Crippen MR) is 114 cm³/mol. The highest BCUT2D eigenvalue weighted by Crippen LogP contribution is 2.32. The van der Waals surface area contributed by atoms with Gasteiger partial charge in [0.1, 0.15) is 0 Å². The fourth-order valence-corrected chi connectivity index (χ4v) is 3.97. The van der Waals surface area contributed by atoms with E-state index < -0.39 is 0 Å². The van der Waals surface area contributed by atoms with Crippen LogP contribution in [0.3, 0.4) is 0 Å². The molecule has 0 atom stereocenters. The van der Waals surface area contributed by atoms with Gasteiger partial charge in [0.2, 0.25) is 11.7 Å². The monoisotopic (exact) mass is 426 g/mol. The van der Waals surface area contributed by atoms with Crippen molar-refractivity contribution < 1.29 is 18.7 Å². The summed E-state index contributed by atoms with van der Waals surface area (Å²) in [6, 6.07) is 13.6. The molecular formula is C21H22N4O4S. The van der Waals surface area contributed by atoms with Gasteiger partial charge in [-0.05, 0) is 30.3 Å². The van der Waals surface area contributed by atoms with Crippen LogP contribution in [-0.2, 0) is 17.0 Å². The molecule has 2 aromatic heterocycles. The number of ether oxygens (including phenoxy) is 3. The zero-order chi connectivity index (χ0) is 20.9. The Morgan fingerprint density at radius 3 is 2.63 bits per heavy atom. The Balaban J connectivity index is 1.52. The van der Waals surface area contributed by atoms with Crippen LogP contribution in [0.5, 0.6) is 11.5 Å². The van der Waals surface area contributed by atoms with Crippen LogP contribution in [-0.4, -0.2) is 47.6 Å². The van der Waals surface area contributed by atoms with E-state index >= 15 is 0 Å². The van der Waals surface area contributed by atoms with E-state index in [0.717, 1.165) is 28.3 Å². The fraction of sp³-hybridized carbons (Fsp3) is 0.286. The first-order valence-electron chi connectivity index (χ1n) is 9.35. The van der Waals surface area contributed by atoms with Crippen molar-refractivity contribution in [2.75, 3.05) is 27.9 Å². The third-order valence-electron chi connectivity index (χ3n) is 4.57. The molecule has 2 heterocycles. The largest absolute Gasteiger partial charge is 0.493 e. The molecule has 0 aliphatic rings. The minimum Gasteiger partial charge on any atom is -0.493 e. The molecule has 30 heavy (non-hydrogen) atoms. The Morgan fingerprint density at radius 1 is 1.00 bits per heavy atom. The molecule has 9 heteroatoms. The summed E-state index contributed by atoms with van der Waals surface area (Å²) in [5.41, 5.74) is 2.82. The second-order valence-corrected chi connectivity index (χ2v) is 7.34. The van der Waals surface area contributed by atoms with Crippen LogP contribution in [0, 0.1) is 0 Å². The zero-order valence-corrected chi connectivity index (χ0v) is 17.8. The summed E-state index contributed by atoms with van der Waals surface area (Å²) in [6.45, 7) is 1.33. The molecule has 0 unspecified atom stereocenters. The van der Waals surface area contributed by atoms with Gasteiger partial charge >= 0.3 is 0 Å². The third kappa shape index (κ3) is 4.12. The van der Waals surface area contributed by atoms with Crippen molar-refractivity contribution in [3.05, 3.63) is 48.4 Å². The van der Waals surface area contributed by atoms with Gasteiger partial charge in [0.25, 0.3) is 0 Å². The first kappa shape index (κ1) is 20.2. The highest BCUT2D eigenvalue weighted by molar-refractivity contribution is 7.98. The van der Waals surface area contributed by atoms with Gasteiger partial charge in [-0.15, -0.1) is 0 Å². The van der Waals surface area contributed by atoms with Crippen molar-refractivity contribution in [2.24, 2.45) is 0 Å². The van der Waals surface area contributed by atoms with E-state index in [2.05, 4.69) is 20.8 Å². The molecular weight excluding hydrogens is 404 g/mol. The summed E-state index contributed by atoms with van der Waals surface area (Å²) >= 11 is 1.55. The summed E-state index contributed by atoms with van der Waals surface area (Å²) in [5.74, 6) is 2.80. The molecule has 0 saturated heterocycles. The highest BCUT2D eigenvalue weighted by atomic mass is 32.2. The van der Waals surface area contributed by atoms with Crippen LogP contribution in [0.15, 0.2) is 52.1 Å². The van der Waals surface area contributed by atoms with Crippen LogP contribution < -0.4 is 9.47 Å². The van der Waals surface area contributed by atoms with E-state index in [1.165, 1.54) is 0 Å².